The molecule has 7 heavy (non-hydrogen) atoms. The molecule has 0 saturated carbocycles. The van der Waals surface area contributed by atoms with Crippen LogP contribution >= 0.6 is 0 Å². The molecule has 7 heteroatoms. The third-order valence-electron chi connectivity index (χ3n) is 0. The Labute approximate surface area is 111 Å². The number of hydrogen-bond acceptors (Lipinski definition) is 0. The summed E-state index contributed by atoms with van der Waals surface area (Å²) in [4.78, 5) is 0. The van der Waals surface area contributed by atoms with E-state index in [0.29, 0.717) is 0 Å². The molecule has 0 unspecified atom stereocenters. The van der Waals surface area contributed by atoms with Crippen LogP contribution in [0.15, 0.2) is 0 Å². The minimum absolute atomic E-state index is 0. The summed E-state index contributed by atoms with van der Waals surface area (Å²) in [5.41, 5.74) is 0. The number of rotatable bonds is 0. The van der Waals surface area contributed by atoms with Crippen molar-refractivity contribution in [3.8, 4) is 0 Å². The molecule has 0 N–H and O–H groups in total. The fourth-order valence-corrected chi connectivity index (χ4v) is 0. The molecule has 0 fully saturated rings. The summed E-state index contributed by atoms with van der Waals surface area (Å²) in [6.45, 7) is 0. The van der Waals surface area contributed by atoms with Crippen LogP contribution in [0.1, 0.15) is 0 Å². The van der Waals surface area contributed by atoms with Gasteiger partial charge in [-0.05, 0) is 0 Å². The van der Waals surface area contributed by atoms with Crippen molar-refractivity contribution in [3.05, 3.63) is 0 Å². The summed E-state index contributed by atoms with van der Waals surface area (Å²) in [7, 11) is 0. The number of halogens is 5. The van der Waals surface area contributed by atoms with Gasteiger partial charge in [0, 0.05) is 0 Å². The molecular weight excluding hydrogens is 384 g/mol. The predicted molar refractivity (Wildman–Crippen MR) is 0 cm³/mol. The second-order valence-corrected chi connectivity index (χ2v) is 0. The van der Waals surface area contributed by atoms with Crippen LogP contribution in [0.5, 0.6) is 0 Å². The Morgan fingerprint density at radius 1 is 0.429 bits per heavy atom. The monoisotopic (exact) mass is 382 g/mol. The van der Waals surface area contributed by atoms with E-state index in [4.69, 9.17) is 0 Å². The SMILES string of the molecule is [Cl-].[Cl-].[Cl-].[Cl-].[Cl-].[Na+].[W+4]. The number of hydrogen-bond donors (Lipinski definition) is 0. The molecule has 42 valence electrons. The first-order valence-electron chi connectivity index (χ1n) is 0. The van der Waals surface area contributed by atoms with Gasteiger partial charge in [0.15, 0.2) is 0 Å². The van der Waals surface area contributed by atoms with Gasteiger partial charge in [0.25, 0.3) is 0 Å². The van der Waals surface area contributed by atoms with E-state index in [1.165, 1.54) is 0 Å². The Morgan fingerprint density at radius 3 is 0.429 bits per heavy atom. The predicted octanol–water partition coefficient (Wildman–Crippen LogP) is -18.0. The van der Waals surface area contributed by atoms with Crippen molar-refractivity contribution < 1.29 is 113 Å². The van der Waals surface area contributed by atoms with Crippen LogP contribution in [0, 0.1) is 0 Å². The third-order valence-corrected chi connectivity index (χ3v) is 0. The van der Waals surface area contributed by atoms with Crippen LogP contribution in [0.3, 0.4) is 0 Å². The Hall–Kier alpha value is 3.14. The molecule has 0 bridgehead atoms. The van der Waals surface area contributed by atoms with Gasteiger partial charge in [-0.3, -0.25) is 0 Å². The normalized spacial score (nSPS) is 0. The minimum atomic E-state index is 0. The topological polar surface area (TPSA) is 0 Å². The first-order chi connectivity index (χ1) is 0. The Kier molecular flexibility index (Phi) is 755. The molecule has 0 aliphatic heterocycles. The fourth-order valence-electron chi connectivity index (χ4n) is 0. The van der Waals surface area contributed by atoms with Gasteiger partial charge in [0.2, 0.25) is 0 Å². The minimum Gasteiger partial charge on any atom is -1.00 e. The van der Waals surface area contributed by atoms with Crippen LogP contribution in [0.4, 0.5) is 0 Å². The van der Waals surface area contributed by atoms with E-state index >= 15 is 0 Å². The van der Waals surface area contributed by atoms with Crippen LogP contribution in [0.25, 0.3) is 0 Å². The van der Waals surface area contributed by atoms with Gasteiger partial charge in [-0.25, -0.2) is 0 Å². The summed E-state index contributed by atoms with van der Waals surface area (Å²) in [5, 5.41) is 0. The summed E-state index contributed by atoms with van der Waals surface area (Å²) >= 11 is 0. The van der Waals surface area contributed by atoms with Crippen molar-refractivity contribution in [2.24, 2.45) is 0 Å². The van der Waals surface area contributed by atoms with E-state index in [1.54, 1.807) is 0 Å². The molecular formula is Cl5NaW. The fraction of sp³-hybridized carbons (Fsp3) is 0. The van der Waals surface area contributed by atoms with Gasteiger partial charge >= 0.3 is 50.6 Å². The van der Waals surface area contributed by atoms with Crippen molar-refractivity contribution in [2.75, 3.05) is 0 Å². The van der Waals surface area contributed by atoms with E-state index < -0.39 is 0 Å². The molecule has 0 heterocycles. The molecule has 0 spiro atoms. The largest absolute Gasteiger partial charge is 4.00 e. The summed E-state index contributed by atoms with van der Waals surface area (Å²) in [6, 6.07) is 0. The Bertz CT molecular complexity index is 8.04. The van der Waals surface area contributed by atoms with Crippen LogP contribution in [-0.2, 0) is 21.1 Å². The zero-order chi connectivity index (χ0) is 0. The average Bonchev–Trinajstić information content (AvgIpc) is 0. The van der Waals surface area contributed by atoms with Gasteiger partial charge in [-0.1, -0.05) is 0 Å². The molecule has 0 aromatic heterocycles. The average molecular weight is 384 g/mol. The Balaban J connectivity index is 0. The van der Waals surface area contributed by atoms with E-state index in [2.05, 4.69) is 0 Å². The van der Waals surface area contributed by atoms with Gasteiger partial charge in [0.05, 0.1) is 0 Å². The Morgan fingerprint density at radius 2 is 0.429 bits per heavy atom. The van der Waals surface area contributed by atoms with Gasteiger partial charge < -0.3 is 62.0 Å². The van der Waals surface area contributed by atoms with E-state index in [9.17, 15) is 0 Å². The molecule has 0 aromatic rings. The molecule has 0 rings (SSSR count). The van der Waals surface area contributed by atoms with E-state index in [1.807, 2.05) is 0 Å². The van der Waals surface area contributed by atoms with E-state index in [0.717, 1.165) is 0 Å². The summed E-state index contributed by atoms with van der Waals surface area (Å²) in [6.07, 6.45) is 0. The quantitative estimate of drug-likeness (QED) is 0.364. The molecule has 0 aromatic carbocycles. The molecule has 0 atom stereocenters. The summed E-state index contributed by atoms with van der Waals surface area (Å²) < 4.78 is 0. The van der Waals surface area contributed by atoms with Gasteiger partial charge in [0.1, 0.15) is 0 Å². The van der Waals surface area contributed by atoms with E-state index in [-0.39, 0.29) is 113 Å². The zero-order valence-electron chi connectivity index (χ0n) is 3.30. The molecule has 0 nitrogen and oxygen atoms in total. The first kappa shape index (κ1) is 86.0. The van der Waals surface area contributed by atoms with Gasteiger partial charge in [-0.2, -0.15) is 0 Å². The molecule has 0 radical (unpaired) electrons. The maximum Gasteiger partial charge on any atom is 4.00 e. The van der Waals surface area contributed by atoms with Crippen LogP contribution < -0.4 is 91.6 Å². The van der Waals surface area contributed by atoms with Crippen molar-refractivity contribution in [1.82, 2.24) is 0 Å². The maximum absolute atomic E-state index is 0. The van der Waals surface area contributed by atoms with Crippen LogP contribution in [-0.4, -0.2) is 0 Å². The van der Waals surface area contributed by atoms with Crippen LogP contribution in [0.2, 0.25) is 0 Å². The molecule has 0 amide bonds. The maximum atomic E-state index is 0. The van der Waals surface area contributed by atoms with Crippen molar-refractivity contribution in [3.63, 3.8) is 0 Å². The second-order valence-electron chi connectivity index (χ2n) is 0. The van der Waals surface area contributed by atoms with Crippen molar-refractivity contribution >= 4 is 0 Å². The molecule has 0 aliphatic carbocycles. The smallest absolute Gasteiger partial charge is 1.00 e. The first-order valence-corrected chi connectivity index (χ1v) is 0. The third kappa shape index (κ3) is 47.3. The van der Waals surface area contributed by atoms with Crippen molar-refractivity contribution in [1.29, 1.82) is 0 Å². The molecule has 0 aliphatic rings. The molecule has 0 saturated heterocycles. The summed E-state index contributed by atoms with van der Waals surface area (Å²) in [5.74, 6) is 0. The van der Waals surface area contributed by atoms with Crippen molar-refractivity contribution in [2.45, 2.75) is 0 Å². The standard InChI is InChI=1S/5ClH.Na.W/h5*1H;;/q;;;;;+1;+4/p-5. The van der Waals surface area contributed by atoms with Gasteiger partial charge in [-0.15, -0.1) is 0 Å². The zero-order valence-corrected chi connectivity index (χ0v) is 12.0. The second kappa shape index (κ2) is 61.5.